The van der Waals surface area contributed by atoms with Gasteiger partial charge in [-0.1, -0.05) is 11.6 Å². The highest BCUT2D eigenvalue weighted by atomic mass is 16.1. The standard InChI is InChI=1S/C15H18N4O/c20-15(16-9-8-12-4-2-1-3-5-12)13-6-7-14-18-17-11-19(14)10-13/h4,6-7,10-11H,1-3,5,8-9H2,(H,16,20). The molecule has 0 aliphatic heterocycles. The van der Waals surface area contributed by atoms with Gasteiger partial charge < -0.3 is 5.32 Å². The largest absolute Gasteiger partial charge is 0.352 e. The topological polar surface area (TPSA) is 59.3 Å². The number of nitrogens with zero attached hydrogens (tertiary/aromatic N) is 3. The molecule has 5 nitrogen and oxygen atoms in total. The van der Waals surface area contributed by atoms with E-state index in [9.17, 15) is 4.79 Å². The van der Waals surface area contributed by atoms with Crippen LogP contribution in [0.15, 0.2) is 36.3 Å². The van der Waals surface area contributed by atoms with E-state index in [1.807, 2.05) is 0 Å². The van der Waals surface area contributed by atoms with Crippen molar-refractivity contribution in [3.63, 3.8) is 0 Å². The molecular weight excluding hydrogens is 252 g/mol. The zero-order valence-corrected chi connectivity index (χ0v) is 11.4. The van der Waals surface area contributed by atoms with Crippen LogP contribution in [0.2, 0.25) is 0 Å². The fourth-order valence-corrected chi connectivity index (χ4v) is 2.53. The van der Waals surface area contributed by atoms with Gasteiger partial charge in [-0.3, -0.25) is 9.20 Å². The minimum absolute atomic E-state index is 0.0444. The summed E-state index contributed by atoms with van der Waals surface area (Å²) in [5, 5.41) is 10.7. The van der Waals surface area contributed by atoms with E-state index in [4.69, 9.17) is 0 Å². The third kappa shape index (κ3) is 2.87. The number of rotatable bonds is 4. The third-order valence-electron chi connectivity index (χ3n) is 3.67. The molecule has 0 saturated carbocycles. The van der Waals surface area contributed by atoms with E-state index in [1.165, 1.54) is 31.3 Å². The lowest BCUT2D eigenvalue weighted by Gasteiger charge is -2.13. The number of carbonyl (C=O) groups excluding carboxylic acids is 1. The van der Waals surface area contributed by atoms with Crippen LogP contribution in [0.25, 0.3) is 5.65 Å². The van der Waals surface area contributed by atoms with Crippen molar-refractivity contribution < 1.29 is 4.79 Å². The van der Waals surface area contributed by atoms with Gasteiger partial charge in [0.05, 0.1) is 5.56 Å². The Balaban J connectivity index is 1.57. The average Bonchev–Trinajstić information content (AvgIpc) is 2.95. The number of hydrogen-bond acceptors (Lipinski definition) is 3. The first-order valence-corrected chi connectivity index (χ1v) is 7.08. The maximum absolute atomic E-state index is 12.1. The van der Waals surface area contributed by atoms with Crippen molar-refractivity contribution in [2.75, 3.05) is 6.54 Å². The molecule has 1 amide bonds. The van der Waals surface area contributed by atoms with Gasteiger partial charge in [0.15, 0.2) is 5.65 Å². The fraction of sp³-hybridized carbons (Fsp3) is 0.400. The van der Waals surface area contributed by atoms with Crippen LogP contribution in [0.1, 0.15) is 42.5 Å². The minimum atomic E-state index is -0.0444. The van der Waals surface area contributed by atoms with Crippen molar-refractivity contribution in [3.8, 4) is 0 Å². The first-order chi connectivity index (χ1) is 9.83. The predicted molar refractivity (Wildman–Crippen MR) is 76.5 cm³/mol. The molecule has 0 bridgehead atoms. The number of allylic oxidation sites excluding steroid dienone is 1. The second-order valence-electron chi connectivity index (χ2n) is 5.13. The van der Waals surface area contributed by atoms with Crippen LogP contribution >= 0.6 is 0 Å². The molecule has 0 spiro atoms. The smallest absolute Gasteiger partial charge is 0.252 e. The van der Waals surface area contributed by atoms with E-state index in [0.29, 0.717) is 12.1 Å². The van der Waals surface area contributed by atoms with Gasteiger partial charge in [0.1, 0.15) is 6.33 Å². The van der Waals surface area contributed by atoms with E-state index in [1.54, 1.807) is 29.1 Å². The Hall–Kier alpha value is -2.17. The van der Waals surface area contributed by atoms with Gasteiger partial charge in [0.2, 0.25) is 0 Å². The first kappa shape index (κ1) is 12.8. The van der Waals surface area contributed by atoms with Crippen LogP contribution < -0.4 is 5.32 Å². The first-order valence-electron chi connectivity index (χ1n) is 7.08. The Bertz CT molecular complexity index is 644. The fourth-order valence-electron chi connectivity index (χ4n) is 2.53. The monoisotopic (exact) mass is 270 g/mol. The molecule has 1 aliphatic rings. The molecule has 2 aromatic rings. The number of nitrogens with one attached hydrogen (secondary N) is 1. The molecule has 5 heteroatoms. The van der Waals surface area contributed by atoms with Crippen LogP contribution in [0.3, 0.4) is 0 Å². The maximum atomic E-state index is 12.1. The van der Waals surface area contributed by atoms with E-state index in [2.05, 4.69) is 21.6 Å². The van der Waals surface area contributed by atoms with Crippen molar-refractivity contribution >= 4 is 11.6 Å². The summed E-state index contributed by atoms with van der Waals surface area (Å²) in [6, 6.07) is 3.57. The molecule has 0 fully saturated rings. The molecule has 0 aromatic carbocycles. The van der Waals surface area contributed by atoms with Crippen LogP contribution in [-0.2, 0) is 0 Å². The highest BCUT2D eigenvalue weighted by molar-refractivity contribution is 5.94. The Kier molecular flexibility index (Phi) is 3.76. The zero-order valence-electron chi connectivity index (χ0n) is 11.4. The van der Waals surface area contributed by atoms with Crippen molar-refractivity contribution in [2.45, 2.75) is 32.1 Å². The lowest BCUT2D eigenvalue weighted by atomic mass is 9.97. The zero-order chi connectivity index (χ0) is 13.8. The molecule has 3 rings (SSSR count). The summed E-state index contributed by atoms with van der Waals surface area (Å²) in [6.07, 6.45) is 11.6. The molecule has 2 aromatic heterocycles. The number of fused-ring (bicyclic) bond motifs is 1. The van der Waals surface area contributed by atoms with E-state index in [-0.39, 0.29) is 5.91 Å². The molecule has 2 heterocycles. The Morgan fingerprint density at radius 1 is 1.35 bits per heavy atom. The third-order valence-corrected chi connectivity index (χ3v) is 3.67. The van der Waals surface area contributed by atoms with E-state index < -0.39 is 0 Å². The van der Waals surface area contributed by atoms with Crippen LogP contribution in [0.5, 0.6) is 0 Å². The quantitative estimate of drug-likeness (QED) is 0.868. The van der Waals surface area contributed by atoms with Gasteiger partial charge in [-0.2, -0.15) is 0 Å². The number of aromatic nitrogens is 3. The minimum Gasteiger partial charge on any atom is -0.352 e. The predicted octanol–water partition coefficient (Wildman–Crippen LogP) is 2.35. The SMILES string of the molecule is O=C(NCCC1=CCCCC1)c1ccc2nncn2c1. The van der Waals surface area contributed by atoms with Gasteiger partial charge in [-0.05, 0) is 44.2 Å². The summed E-state index contributed by atoms with van der Waals surface area (Å²) in [7, 11) is 0. The van der Waals surface area contributed by atoms with Gasteiger partial charge in [0.25, 0.3) is 5.91 Å². The molecule has 0 unspecified atom stereocenters. The van der Waals surface area contributed by atoms with Crippen LogP contribution in [0, 0.1) is 0 Å². The second kappa shape index (κ2) is 5.86. The number of carbonyl (C=O) groups is 1. The molecular formula is C15H18N4O. The molecule has 1 aliphatic carbocycles. The summed E-state index contributed by atoms with van der Waals surface area (Å²) >= 11 is 0. The number of hydrogen-bond donors (Lipinski definition) is 1. The summed E-state index contributed by atoms with van der Waals surface area (Å²) in [4.78, 5) is 12.1. The van der Waals surface area contributed by atoms with Crippen molar-refractivity contribution in [3.05, 3.63) is 41.9 Å². The highest BCUT2D eigenvalue weighted by Gasteiger charge is 2.08. The Morgan fingerprint density at radius 3 is 3.15 bits per heavy atom. The summed E-state index contributed by atoms with van der Waals surface area (Å²) in [5.74, 6) is -0.0444. The van der Waals surface area contributed by atoms with Crippen LogP contribution in [0.4, 0.5) is 0 Å². The highest BCUT2D eigenvalue weighted by Crippen LogP contribution is 2.19. The number of amides is 1. The van der Waals surface area contributed by atoms with Gasteiger partial charge in [-0.15, -0.1) is 10.2 Å². The van der Waals surface area contributed by atoms with E-state index >= 15 is 0 Å². The molecule has 0 atom stereocenters. The lowest BCUT2D eigenvalue weighted by Crippen LogP contribution is -2.25. The molecule has 0 radical (unpaired) electrons. The second-order valence-corrected chi connectivity index (χ2v) is 5.13. The molecule has 0 saturated heterocycles. The molecule has 104 valence electrons. The van der Waals surface area contributed by atoms with Gasteiger partial charge in [0, 0.05) is 12.7 Å². The normalized spacial score (nSPS) is 15.1. The lowest BCUT2D eigenvalue weighted by molar-refractivity contribution is 0.0953. The Labute approximate surface area is 117 Å². The van der Waals surface area contributed by atoms with Gasteiger partial charge in [-0.25, -0.2) is 0 Å². The van der Waals surface area contributed by atoms with Crippen LogP contribution in [-0.4, -0.2) is 27.0 Å². The van der Waals surface area contributed by atoms with Gasteiger partial charge >= 0.3 is 0 Å². The maximum Gasteiger partial charge on any atom is 0.252 e. The summed E-state index contributed by atoms with van der Waals surface area (Å²) in [5.41, 5.74) is 2.86. The average molecular weight is 270 g/mol. The number of pyridine rings is 1. The Morgan fingerprint density at radius 2 is 2.30 bits per heavy atom. The summed E-state index contributed by atoms with van der Waals surface area (Å²) in [6.45, 7) is 0.699. The van der Waals surface area contributed by atoms with Crippen molar-refractivity contribution in [2.24, 2.45) is 0 Å². The molecule has 20 heavy (non-hydrogen) atoms. The molecule has 1 N–H and O–H groups in total. The van der Waals surface area contributed by atoms with Crippen molar-refractivity contribution in [1.29, 1.82) is 0 Å². The summed E-state index contributed by atoms with van der Waals surface area (Å²) < 4.78 is 1.75. The van der Waals surface area contributed by atoms with E-state index in [0.717, 1.165) is 12.1 Å². The van der Waals surface area contributed by atoms with Crippen molar-refractivity contribution in [1.82, 2.24) is 19.9 Å².